The van der Waals surface area contributed by atoms with Gasteiger partial charge in [-0.05, 0) is 18.3 Å². The molecule has 3 nitrogen and oxygen atoms in total. The highest BCUT2D eigenvalue weighted by molar-refractivity contribution is 4.94. The summed E-state index contributed by atoms with van der Waals surface area (Å²) >= 11 is 0. The molecule has 0 aliphatic heterocycles. The van der Waals surface area contributed by atoms with Crippen molar-refractivity contribution in [1.82, 2.24) is 0 Å². The van der Waals surface area contributed by atoms with Crippen molar-refractivity contribution in [1.29, 1.82) is 0 Å². The van der Waals surface area contributed by atoms with E-state index in [4.69, 9.17) is 15.2 Å². The van der Waals surface area contributed by atoms with Crippen molar-refractivity contribution in [3.8, 4) is 0 Å². The van der Waals surface area contributed by atoms with Crippen LogP contribution in [0.3, 0.4) is 0 Å². The molecule has 0 amide bonds. The Morgan fingerprint density at radius 1 is 0.929 bits per heavy atom. The lowest BCUT2D eigenvalue weighted by Gasteiger charge is -2.41. The molecule has 0 aromatic rings. The van der Waals surface area contributed by atoms with Crippen molar-refractivity contribution < 1.29 is 9.47 Å². The minimum Gasteiger partial charge on any atom is -0.385 e. The molecule has 0 saturated carbocycles. The Morgan fingerprint density at radius 2 is 1.29 bits per heavy atom. The van der Waals surface area contributed by atoms with Crippen LogP contribution in [0.1, 0.15) is 33.6 Å². The highest BCUT2D eigenvalue weighted by Gasteiger charge is 2.37. The molecule has 0 unspecified atom stereocenters. The van der Waals surface area contributed by atoms with E-state index in [1.807, 2.05) is 0 Å². The van der Waals surface area contributed by atoms with Gasteiger partial charge >= 0.3 is 0 Å². The highest BCUT2D eigenvalue weighted by Crippen LogP contribution is 2.33. The molecular weight excluding hydrogens is 178 g/mol. The van der Waals surface area contributed by atoms with Crippen LogP contribution in [0.5, 0.6) is 0 Å². The van der Waals surface area contributed by atoms with Gasteiger partial charge in [0.1, 0.15) is 0 Å². The number of rotatable bonds is 6. The van der Waals surface area contributed by atoms with Gasteiger partial charge in [0.2, 0.25) is 0 Å². The molecule has 0 aromatic heterocycles. The second-order valence-electron chi connectivity index (χ2n) is 4.89. The first-order valence-corrected chi connectivity index (χ1v) is 5.14. The Hall–Kier alpha value is -0.120. The number of hydrogen-bond acceptors (Lipinski definition) is 3. The molecule has 0 rings (SSSR count). The van der Waals surface area contributed by atoms with Crippen molar-refractivity contribution in [2.75, 3.05) is 27.4 Å². The fraction of sp³-hybridized carbons (Fsp3) is 1.00. The summed E-state index contributed by atoms with van der Waals surface area (Å²) in [7, 11) is 3.42. The summed E-state index contributed by atoms with van der Waals surface area (Å²) in [5, 5.41) is 0. The van der Waals surface area contributed by atoms with Gasteiger partial charge in [0.15, 0.2) is 0 Å². The fourth-order valence-corrected chi connectivity index (χ4v) is 1.44. The van der Waals surface area contributed by atoms with Gasteiger partial charge in [0, 0.05) is 33.0 Å². The maximum atomic E-state index is 6.39. The summed E-state index contributed by atoms with van der Waals surface area (Å²) in [6, 6.07) is 0. The summed E-state index contributed by atoms with van der Waals surface area (Å²) in [5.41, 5.74) is 6.25. The van der Waals surface area contributed by atoms with Crippen LogP contribution in [0.15, 0.2) is 0 Å². The number of nitrogens with two attached hydrogens (primary N) is 1. The zero-order valence-electron chi connectivity index (χ0n) is 10.2. The van der Waals surface area contributed by atoms with Crippen LogP contribution in [0.4, 0.5) is 0 Å². The van der Waals surface area contributed by atoms with Crippen LogP contribution in [-0.2, 0) is 9.47 Å². The summed E-state index contributed by atoms with van der Waals surface area (Å²) in [4.78, 5) is 0. The average Bonchev–Trinajstić information content (AvgIpc) is 2.09. The maximum Gasteiger partial charge on any atom is 0.0479 e. The summed E-state index contributed by atoms with van der Waals surface area (Å²) < 4.78 is 10.2. The van der Waals surface area contributed by atoms with E-state index in [9.17, 15) is 0 Å². The van der Waals surface area contributed by atoms with E-state index in [1.54, 1.807) is 14.2 Å². The molecule has 0 bridgehead atoms. The van der Waals surface area contributed by atoms with Crippen molar-refractivity contribution in [2.24, 2.45) is 11.1 Å². The van der Waals surface area contributed by atoms with Crippen molar-refractivity contribution >= 4 is 0 Å². The molecule has 0 aliphatic carbocycles. The zero-order chi connectivity index (χ0) is 11.2. The Labute approximate surface area is 88.0 Å². The largest absolute Gasteiger partial charge is 0.385 e. The average molecular weight is 203 g/mol. The van der Waals surface area contributed by atoms with Crippen LogP contribution in [-0.4, -0.2) is 33.0 Å². The first-order chi connectivity index (χ1) is 6.37. The third-order valence-corrected chi connectivity index (χ3v) is 3.00. The van der Waals surface area contributed by atoms with Crippen molar-refractivity contribution in [3.63, 3.8) is 0 Å². The lowest BCUT2D eigenvalue weighted by atomic mass is 9.70. The van der Waals surface area contributed by atoms with Gasteiger partial charge in [-0.15, -0.1) is 0 Å². The molecule has 14 heavy (non-hydrogen) atoms. The Balaban J connectivity index is 4.33. The van der Waals surface area contributed by atoms with Gasteiger partial charge in [0.05, 0.1) is 0 Å². The maximum absolute atomic E-state index is 6.39. The second-order valence-corrected chi connectivity index (χ2v) is 4.89. The van der Waals surface area contributed by atoms with E-state index in [-0.39, 0.29) is 11.0 Å². The quantitative estimate of drug-likeness (QED) is 0.716. The van der Waals surface area contributed by atoms with Gasteiger partial charge in [-0.25, -0.2) is 0 Å². The minimum atomic E-state index is -0.209. The molecular formula is C11H25NO2. The van der Waals surface area contributed by atoms with Crippen LogP contribution in [0.2, 0.25) is 0 Å². The van der Waals surface area contributed by atoms with E-state index < -0.39 is 0 Å². The van der Waals surface area contributed by atoms with E-state index in [1.165, 1.54) is 0 Å². The van der Waals surface area contributed by atoms with Crippen LogP contribution in [0.25, 0.3) is 0 Å². The molecule has 0 aromatic carbocycles. The van der Waals surface area contributed by atoms with E-state index in [2.05, 4.69) is 20.8 Å². The standard InChI is InChI=1S/C11H25NO2/c1-10(2,3)11(12,6-8-13-4)7-9-14-5/h6-9,12H2,1-5H3. The SMILES string of the molecule is COCCC(N)(CCOC)C(C)(C)C. The smallest absolute Gasteiger partial charge is 0.0479 e. The highest BCUT2D eigenvalue weighted by atomic mass is 16.5. The molecule has 3 heteroatoms. The predicted molar refractivity (Wildman–Crippen MR) is 59.4 cm³/mol. The summed E-state index contributed by atoms with van der Waals surface area (Å²) in [6.07, 6.45) is 1.74. The van der Waals surface area contributed by atoms with Gasteiger partial charge in [0.25, 0.3) is 0 Å². The minimum absolute atomic E-state index is 0.0735. The summed E-state index contributed by atoms with van der Waals surface area (Å²) in [5.74, 6) is 0. The third kappa shape index (κ3) is 3.95. The first kappa shape index (κ1) is 13.9. The van der Waals surface area contributed by atoms with Gasteiger partial charge in [-0.2, -0.15) is 0 Å². The molecule has 0 radical (unpaired) electrons. The molecule has 0 aliphatic rings. The van der Waals surface area contributed by atoms with Gasteiger partial charge < -0.3 is 15.2 Å². The monoisotopic (exact) mass is 203 g/mol. The summed E-state index contributed by atoms with van der Waals surface area (Å²) in [6.45, 7) is 7.91. The molecule has 0 saturated heterocycles. The fourth-order valence-electron chi connectivity index (χ4n) is 1.44. The zero-order valence-corrected chi connectivity index (χ0v) is 10.2. The van der Waals surface area contributed by atoms with Crippen LogP contribution >= 0.6 is 0 Å². The molecule has 0 heterocycles. The van der Waals surface area contributed by atoms with Gasteiger partial charge in [-0.3, -0.25) is 0 Å². The number of hydrogen-bond donors (Lipinski definition) is 1. The number of methoxy groups -OCH3 is 2. The molecule has 0 fully saturated rings. The normalized spacial score (nSPS) is 13.3. The lowest BCUT2D eigenvalue weighted by Crippen LogP contribution is -2.52. The van der Waals surface area contributed by atoms with E-state index in [0.29, 0.717) is 13.2 Å². The molecule has 2 N–H and O–H groups in total. The lowest BCUT2D eigenvalue weighted by molar-refractivity contribution is 0.0755. The van der Waals surface area contributed by atoms with Crippen LogP contribution < -0.4 is 5.73 Å². The van der Waals surface area contributed by atoms with E-state index >= 15 is 0 Å². The molecule has 0 atom stereocenters. The Morgan fingerprint density at radius 3 is 1.50 bits per heavy atom. The van der Waals surface area contributed by atoms with Crippen LogP contribution in [0, 0.1) is 5.41 Å². The van der Waals surface area contributed by atoms with Crippen molar-refractivity contribution in [2.45, 2.75) is 39.2 Å². The second kappa shape index (κ2) is 5.69. The van der Waals surface area contributed by atoms with Crippen molar-refractivity contribution in [3.05, 3.63) is 0 Å². The third-order valence-electron chi connectivity index (χ3n) is 3.00. The Kier molecular flexibility index (Phi) is 5.64. The first-order valence-electron chi connectivity index (χ1n) is 5.14. The molecule has 0 spiro atoms. The number of ether oxygens (including phenoxy) is 2. The Bertz CT molecular complexity index is 144. The predicted octanol–water partition coefficient (Wildman–Crippen LogP) is 1.80. The molecule has 86 valence electrons. The topological polar surface area (TPSA) is 44.5 Å². The van der Waals surface area contributed by atoms with E-state index in [0.717, 1.165) is 12.8 Å². The van der Waals surface area contributed by atoms with Gasteiger partial charge in [-0.1, -0.05) is 20.8 Å².